The molecule has 3 aromatic carbocycles. The zero-order valence-electron chi connectivity index (χ0n) is 20.8. The Morgan fingerprint density at radius 3 is 2.25 bits per heavy atom. The highest BCUT2D eigenvalue weighted by molar-refractivity contribution is 9.10. The molecule has 1 N–H and O–H groups in total. The summed E-state index contributed by atoms with van der Waals surface area (Å²) < 4.78 is 1.02. The van der Waals surface area contributed by atoms with Gasteiger partial charge in [0.15, 0.2) is 0 Å². The van der Waals surface area contributed by atoms with Crippen LogP contribution < -0.4 is 5.32 Å². The molecule has 0 aliphatic rings. The second-order valence-corrected chi connectivity index (χ2v) is 12.1. The van der Waals surface area contributed by atoms with E-state index in [9.17, 15) is 9.59 Å². The van der Waals surface area contributed by atoms with Crippen LogP contribution in [-0.2, 0) is 28.3 Å². The molecular formula is C29H32BrClN2O2S. The Labute approximate surface area is 231 Å². The normalized spacial score (nSPS) is 12.1. The lowest BCUT2D eigenvalue weighted by Crippen LogP contribution is -2.54. The van der Waals surface area contributed by atoms with Crippen molar-refractivity contribution in [3.8, 4) is 0 Å². The van der Waals surface area contributed by atoms with Crippen molar-refractivity contribution in [3.05, 3.63) is 105 Å². The Balaban J connectivity index is 1.86. The molecule has 3 rings (SSSR count). The fourth-order valence-corrected chi connectivity index (χ4v) is 5.11. The third-order valence-electron chi connectivity index (χ3n) is 5.42. The molecule has 0 spiro atoms. The first kappa shape index (κ1) is 28.3. The molecule has 0 aliphatic heterocycles. The van der Waals surface area contributed by atoms with Gasteiger partial charge in [0.25, 0.3) is 0 Å². The van der Waals surface area contributed by atoms with Crippen LogP contribution in [-0.4, -0.2) is 34.0 Å². The second-order valence-electron chi connectivity index (χ2n) is 9.72. The van der Waals surface area contributed by atoms with Crippen molar-refractivity contribution in [1.82, 2.24) is 10.2 Å². The minimum Gasteiger partial charge on any atom is -0.350 e. The van der Waals surface area contributed by atoms with Crippen LogP contribution in [0.1, 0.15) is 37.5 Å². The van der Waals surface area contributed by atoms with Gasteiger partial charge in [0.2, 0.25) is 11.8 Å². The Morgan fingerprint density at radius 1 is 0.944 bits per heavy atom. The fraction of sp³-hybridized carbons (Fsp3) is 0.310. The molecule has 190 valence electrons. The van der Waals surface area contributed by atoms with E-state index in [-0.39, 0.29) is 17.6 Å². The lowest BCUT2D eigenvalue weighted by molar-refractivity contribution is -0.140. The largest absolute Gasteiger partial charge is 0.350 e. The van der Waals surface area contributed by atoms with E-state index in [2.05, 4.69) is 21.2 Å². The number of rotatable bonds is 10. The molecule has 0 radical (unpaired) electrons. The van der Waals surface area contributed by atoms with Crippen molar-refractivity contribution in [2.24, 2.45) is 0 Å². The molecule has 0 aromatic heterocycles. The van der Waals surface area contributed by atoms with Crippen molar-refractivity contribution >= 4 is 51.1 Å². The van der Waals surface area contributed by atoms with E-state index in [1.807, 2.05) is 93.6 Å². The van der Waals surface area contributed by atoms with Crippen molar-refractivity contribution in [1.29, 1.82) is 0 Å². The molecule has 4 nitrogen and oxygen atoms in total. The van der Waals surface area contributed by atoms with Crippen LogP contribution in [0.2, 0.25) is 5.02 Å². The average Bonchev–Trinajstić information content (AvgIpc) is 2.82. The maximum atomic E-state index is 13.7. The first-order chi connectivity index (χ1) is 17.1. The van der Waals surface area contributed by atoms with Gasteiger partial charge >= 0.3 is 0 Å². The Bertz CT molecular complexity index is 1150. The van der Waals surface area contributed by atoms with Crippen LogP contribution in [0.5, 0.6) is 0 Å². The number of hydrogen-bond donors (Lipinski definition) is 1. The maximum Gasteiger partial charge on any atom is 0.243 e. The van der Waals surface area contributed by atoms with E-state index in [1.54, 1.807) is 22.7 Å². The standard InChI is InChI=1S/C29H32BrClN2O2S/c1-29(2,3)32-28(35)26(17-21-8-5-4-6-9-21)33(18-23-10-7-11-25(31)16-23)27(34)20-36-19-22-12-14-24(30)15-13-22/h4-16,26H,17-20H2,1-3H3,(H,32,35). The van der Waals surface area contributed by atoms with Crippen molar-refractivity contribution in [2.45, 2.75) is 51.1 Å². The highest BCUT2D eigenvalue weighted by Gasteiger charge is 2.32. The Hall–Kier alpha value is -2.28. The molecule has 0 bridgehead atoms. The zero-order valence-corrected chi connectivity index (χ0v) is 24.0. The van der Waals surface area contributed by atoms with E-state index >= 15 is 0 Å². The molecule has 0 saturated carbocycles. The highest BCUT2D eigenvalue weighted by Crippen LogP contribution is 2.21. The summed E-state index contributed by atoms with van der Waals surface area (Å²) >= 11 is 11.2. The van der Waals surface area contributed by atoms with Gasteiger partial charge in [-0.05, 0) is 61.7 Å². The van der Waals surface area contributed by atoms with Crippen LogP contribution in [0, 0.1) is 0 Å². The van der Waals surface area contributed by atoms with Gasteiger partial charge in [-0.1, -0.05) is 82.1 Å². The van der Waals surface area contributed by atoms with E-state index in [4.69, 9.17) is 11.6 Å². The number of hydrogen-bond acceptors (Lipinski definition) is 3. The van der Waals surface area contributed by atoms with Crippen LogP contribution in [0.15, 0.2) is 83.3 Å². The number of carbonyl (C=O) groups excluding carboxylic acids is 2. The van der Waals surface area contributed by atoms with E-state index in [0.29, 0.717) is 23.7 Å². The second kappa shape index (κ2) is 13.3. The minimum atomic E-state index is -0.661. The summed E-state index contributed by atoms with van der Waals surface area (Å²) in [6, 6.07) is 24.7. The summed E-state index contributed by atoms with van der Waals surface area (Å²) in [6.07, 6.45) is 0.423. The molecule has 7 heteroatoms. The van der Waals surface area contributed by atoms with Gasteiger partial charge in [0.1, 0.15) is 6.04 Å². The minimum absolute atomic E-state index is 0.0814. The predicted octanol–water partition coefficient (Wildman–Crippen LogP) is 6.89. The maximum absolute atomic E-state index is 13.7. The third-order valence-corrected chi connectivity index (χ3v) is 7.17. The van der Waals surface area contributed by atoms with Gasteiger partial charge in [-0.2, -0.15) is 0 Å². The molecule has 0 aliphatic carbocycles. The molecule has 0 saturated heterocycles. The Morgan fingerprint density at radius 2 is 1.61 bits per heavy atom. The first-order valence-electron chi connectivity index (χ1n) is 11.8. The molecule has 1 unspecified atom stereocenters. The van der Waals surface area contributed by atoms with Gasteiger partial charge in [-0.3, -0.25) is 9.59 Å². The molecule has 1 atom stereocenters. The molecular weight excluding hydrogens is 556 g/mol. The van der Waals surface area contributed by atoms with Crippen LogP contribution in [0.3, 0.4) is 0 Å². The average molecular weight is 588 g/mol. The van der Waals surface area contributed by atoms with Crippen molar-refractivity contribution in [2.75, 3.05) is 5.75 Å². The Kier molecular flexibility index (Phi) is 10.5. The number of halogens is 2. The zero-order chi connectivity index (χ0) is 26.1. The fourth-order valence-electron chi connectivity index (χ4n) is 3.76. The summed E-state index contributed by atoms with van der Waals surface area (Å²) in [4.78, 5) is 28.9. The van der Waals surface area contributed by atoms with Gasteiger partial charge in [0.05, 0.1) is 5.75 Å². The molecule has 0 fully saturated rings. The van der Waals surface area contributed by atoms with Crippen LogP contribution in [0.4, 0.5) is 0 Å². The topological polar surface area (TPSA) is 49.4 Å². The predicted molar refractivity (Wildman–Crippen MR) is 154 cm³/mol. The quantitative estimate of drug-likeness (QED) is 0.281. The smallest absolute Gasteiger partial charge is 0.243 e. The first-order valence-corrected chi connectivity index (χ1v) is 14.2. The lowest BCUT2D eigenvalue weighted by atomic mass is 10.0. The SMILES string of the molecule is CC(C)(C)NC(=O)C(Cc1ccccc1)N(Cc1cccc(Cl)c1)C(=O)CSCc1ccc(Br)cc1. The monoisotopic (exact) mass is 586 g/mol. The molecule has 3 aromatic rings. The van der Waals surface area contributed by atoms with E-state index in [1.165, 1.54) is 0 Å². The number of carbonyl (C=O) groups is 2. The van der Waals surface area contributed by atoms with Gasteiger partial charge in [-0.15, -0.1) is 11.8 Å². The van der Waals surface area contributed by atoms with Gasteiger partial charge in [0, 0.05) is 33.8 Å². The number of nitrogens with zero attached hydrogens (tertiary/aromatic N) is 1. The summed E-state index contributed by atoms with van der Waals surface area (Å²) in [5, 5.41) is 3.69. The van der Waals surface area contributed by atoms with Crippen LogP contribution >= 0.6 is 39.3 Å². The third kappa shape index (κ3) is 9.30. The van der Waals surface area contributed by atoms with E-state index in [0.717, 1.165) is 21.2 Å². The molecule has 36 heavy (non-hydrogen) atoms. The number of nitrogens with one attached hydrogen (secondary N) is 1. The summed E-state index contributed by atoms with van der Waals surface area (Å²) in [5.74, 6) is 0.730. The van der Waals surface area contributed by atoms with Gasteiger partial charge in [-0.25, -0.2) is 0 Å². The highest BCUT2D eigenvalue weighted by atomic mass is 79.9. The summed E-state index contributed by atoms with van der Waals surface area (Å²) in [5.41, 5.74) is 2.60. The number of amides is 2. The van der Waals surface area contributed by atoms with Crippen molar-refractivity contribution in [3.63, 3.8) is 0 Å². The van der Waals surface area contributed by atoms with Gasteiger partial charge < -0.3 is 10.2 Å². The summed E-state index contributed by atoms with van der Waals surface area (Å²) in [7, 11) is 0. The van der Waals surface area contributed by atoms with Crippen molar-refractivity contribution < 1.29 is 9.59 Å². The number of benzene rings is 3. The summed E-state index contributed by atoms with van der Waals surface area (Å²) in [6.45, 7) is 6.14. The van der Waals surface area contributed by atoms with E-state index < -0.39 is 11.6 Å². The molecule has 2 amide bonds. The molecule has 0 heterocycles. The number of thioether (sulfide) groups is 1. The van der Waals surface area contributed by atoms with Crippen LogP contribution in [0.25, 0.3) is 0 Å². The lowest BCUT2D eigenvalue weighted by Gasteiger charge is -2.34.